The van der Waals surface area contributed by atoms with Gasteiger partial charge in [0.05, 0.1) is 0 Å². The molecule has 0 amide bonds. The van der Waals surface area contributed by atoms with Crippen LogP contribution < -0.4 is 11.5 Å². The van der Waals surface area contributed by atoms with Crippen LogP contribution >= 0.6 is 0 Å². The van der Waals surface area contributed by atoms with Crippen molar-refractivity contribution in [3.63, 3.8) is 0 Å². The van der Waals surface area contributed by atoms with Gasteiger partial charge in [0.15, 0.2) is 11.6 Å². The summed E-state index contributed by atoms with van der Waals surface area (Å²) in [5.74, 6) is -1.32. The molecule has 0 aliphatic rings. The minimum atomic E-state index is -1.53. The van der Waals surface area contributed by atoms with E-state index in [1.165, 1.54) is 48.5 Å². The average Bonchev–Trinajstić information content (AvgIpc) is 2.62. The third kappa shape index (κ3) is 5.54. The molecule has 0 aliphatic carbocycles. The molecule has 0 unspecified atom stereocenters. The van der Waals surface area contributed by atoms with Crippen molar-refractivity contribution in [2.45, 2.75) is 37.8 Å². The summed E-state index contributed by atoms with van der Waals surface area (Å²) in [5.41, 5.74) is 11.0. The predicted octanol–water partition coefficient (Wildman–Crippen LogP) is 3.59. The van der Waals surface area contributed by atoms with Crippen molar-refractivity contribution in [2.24, 2.45) is 11.5 Å². The summed E-state index contributed by atoms with van der Waals surface area (Å²) in [7, 11) is 0. The van der Waals surface area contributed by atoms with Crippen molar-refractivity contribution in [1.82, 2.24) is 0 Å². The predicted molar refractivity (Wildman–Crippen MR) is 95.7 cm³/mol. The van der Waals surface area contributed by atoms with E-state index in [4.69, 9.17) is 11.5 Å². The van der Waals surface area contributed by atoms with Crippen molar-refractivity contribution in [2.75, 3.05) is 0 Å². The van der Waals surface area contributed by atoms with Crippen LogP contribution in [0.25, 0.3) is 0 Å². The number of ketones is 2. The van der Waals surface area contributed by atoms with Gasteiger partial charge in [0, 0.05) is 17.5 Å². The summed E-state index contributed by atoms with van der Waals surface area (Å²) >= 11 is 0. The van der Waals surface area contributed by atoms with Gasteiger partial charge < -0.3 is 11.5 Å². The Kier molecular flexibility index (Phi) is 6.71. The van der Waals surface area contributed by atoms with E-state index in [0.29, 0.717) is 31.2 Å². The van der Waals surface area contributed by atoms with Gasteiger partial charge >= 0.3 is 0 Å². The van der Waals surface area contributed by atoms with Gasteiger partial charge in [-0.1, -0.05) is 6.42 Å². The van der Waals surface area contributed by atoms with Crippen molar-refractivity contribution in [1.29, 1.82) is 0 Å². The fourth-order valence-electron chi connectivity index (χ4n) is 2.64. The minimum Gasteiger partial charge on any atom is -0.307 e. The Balaban J connectivity index is 1.75. The monoisotopic (exact) mass is 360 g/mol. The summed E-state index contributed by atoms with van der Waals surface area (Å²) in [5, 5.41) is 0. The zero-order valence-corrected chi connectivity index (χ0v) is 14.4. The molecule has 26 heavy (non-hydrogen) atoms. The average molecular weight is 360 g/mol. The number of carbonyl (C=O) groups is 2. The second-order valence-electron chi connectivity index (χ2n) is 6.37. The molecule has 0 saturated heterocycles. The van der Waals surface area contributed by atoms with Crippen LogP contribution in [-0.4, -0.2) is 17.2 Å². The van der Waals surface area contributed by atoms with Crippen LogP contribution in [0.3, 0.4) is 0 Å². The molecule has 138 valence electrons. The van der Waals surface area contributed by atoms with Gasteiger partial charge in [0.1, 0.15) is 17.3 Å². The second kappa shape index (κ2) is 8.78. The quantitative estimate of drug-likeness (QED) is 0.406. The first-order valence-electron chi connectivity index (χ1n) is 8.46. The lowest BCUT2D eigenvalue weighted by Gasteiger charge is -2.23. The van der Waals surface area contributed by atoms with Gasteiger partial charge in [-0.2, -0.15) is 0 Å². The number of Topliss-reactive ketones (excluding diaryl/α,β-unsaturated/α-hetero) is 2. The number of rotatable bonds is 9. The van der Waals surface area contributed by atoms with Crippen LogP contribution in [0.5, 0.6) is 0 Å². The first-order chi connectivity index (χ1) is 12.3. The maximum absolute atomic E-state index is 12.9. The molecule has 0 heterocycles. The number of halogens is 2. The van der Waals surface area contributed by atoms with Gasteiger partial charge in [0.25, 0.3) is 0 Å². The fourth-order valence-corrected chi connectivity index (χ4v) is 2.64. The topological polar surface area (TPSA) is 86.2 Å². The minimum absolute atomic E-state index is 0.0563. The highest BCUT2D eigenvalue weighted by molar-refractivity contribution is 6.02. The smallest absolute Gasteiger partial charge is 0.196 e. The van der Waals surface area contributed by atoms with Crippen LogP contribution in [0.1, 0.15) is 52.8 Å². The van der Waals surface area contributed by atoms with Gasteiger partial charge in [-0.05, 0) is 67.8 Å². The Morgan fingerprint density at radius 1 is 0.769 bits per heavy atom. The highest BCUT2D eigenvalue weighted by Gasteiger charge is 2.29. The van der Waals surface area contributed by atoms with Gasteiger partial charge in [-0.3, -0.25) is 9.59 Å². The van der Waals surface area contributed by atoms with E-state index >= 15 is 0 Å². The van der Waals surface area contributed by atoms with E-state index in [1.807, 2.05) is 0 Å². The Hall–Kier alpha value is -2.44. The van der Waals surface area contributed by atoms with E-state index in [1.54, 1.807) is 0 Å². The van der Waals surface area contributed by atoms with Crippen LogP contribution in [-0.2, 0) is 0 Å². The molecule has 0 spiro atoms. The van der Waals surface area contributed by atoms with Gasteiger partial charge in [-0.25, -0.2) is 8.78 Å². The molecule has 2 aromatic rings. The lowest BCUT2D eigenvalue weighted by Crippen LogP contribution is -2.56. The molecule has 4 N–H and O–H groups in total. The Labute approximate surface area is 151 Å². The third-order valence-electron chi connectivity index (χ3n) is 4.19. The van der Waals surface area contributed by atoms with Crippen LogP contribution in [0.15, 0.2) is 48.5 Å². The van der Waals surface area contributed by atoms with Crippen molar-refractivity contribution in [3.8, 4) is 0 Å². The maximum atomic E-state index is 12.9. The standard InChI is InChI=1S/C20H22F2N2O2/c21-16-9-5-14(6-10-16)18(25)4-2-1-3-13-20(23,24)19(26)15-7-11-17(22)12-8-15/h5-12H,1-4,13,23-24H2. The fraction of sp³-hybridized carbons (Fsp3) is 0.300. The molecule has 2 rings (SSSR count). The van der Waals surface area contributed by atoms with Crippen molar-refractivity contribution >= 4 is 11.6 Å². The molecule has 2 aromatic carbocycles. The van der Waals surface area contributed by atoms with E-state index in [-0.39, 0.29) is 23.6 Å². The normalized spacial score (nSPS) is 11.4. The molecule has 0 aliphatic heterocycles. The van der Waals surface area contributed by atoms with E-state index in [0.717, 1.165) is 0 Å². The SMILES string of the molecule is NC(N)(CCCCCC(=O)c1ccc(F)cc1)C(=O)c1ccc(F)cc1. The molecule has 0 bridgehead atoms. The van der Waals surface area contributed by atoms with E-state index in [2.05, 4.69) is 0 Å². The highest BCUT2D eigenvalue weighted by atomic mass is 19.1. The van der Waals surface area contributed by atoms with E-state index < -0.39 is 17.3 Å². The number of hydrogen-bond acceptors (Lipinski definition) is 4. The molecule has 6 heteroatoms. The van der Waals surface area contributed by atoms with Crippen molar-refractivity contribution < 1.29 is 18.4 Å². The Morgan fingerprint density at radius 2 is 1.27 bits per heavy atom. The van der Waals surface area contributed by atoms with Crippen LogP contribution in [0.4, 0.5) is 8.78 Å². The summed E-state index contributed by atoms with van der Waals surface area (Å²) in [6, 6.07) is 10.5. The second-order valence-corrected chi connectivity index (χ2v) is 6.37. The van der Waals surface area contributed by atoms with Crippen LogP contribution in [0, 0.1) is 11.6 Å². The molecular weight excluding hydrogens is 338 g/mol. The van der Waals surface area contributed by atoms with Gasteiger partial charge in [0.2, 0.25) is 0 Å². The number of nitrogens with two attached hydrogens (primary N) is 2. The molecular formula is C20H22F2N2O2. The molecule has 0 radical (unpaired) electrons. The highest BCUT2D eigenvalue weighted by Crippen LogP contribution is 2.16. The number of hydrogen-bond donors (Lipinski definition) is 2. The zero-order chi connectivity index (χ0) is 19.2. The lowest BCUT2D eigenvalue weighted by molar-refractivity contribution is 0.0879. The van der Waals surface area contributed by atoms with E-state index in [9.17, 15) is 18.4 Å². The Bertz CT molecular complexity index is 756. The molecule has 4 nitrogen and oxygen atoms in total. The number of benzene rings is 2. The van der Waals surface area contributed by atoms with Gasteiger partial charge in [-0.15, -0.1) is 0 Å². The third-order valence-corrected chi connectivity index (χ3v) is 4.19. The first-order valence-corrected chi connectivity index (χ1v) is 8.46. The summed E-state index contributed by atoms with van der Waals surface area (Å²) in [6.45, 7) is 0. The number of unbranched alkanes of at least 4 members (excludes halogenated alkanes) is 2. The maximum Gasteiger partial charge on any atom is 0.196 e. The largest absolute Gasteiger partial charge is 0.307 e. The van der Waals surface area contributed by atoms with Crippen LogP contribution in [0.2, 0.25) is 0 Å². The summed E-state index contributed by atoms with van der Waals surface area (Å²) < 4.78 is 25.8. The molecule has 0 fully saturated rings. The Morgan fingerprint density at radius 3 is 1.81 bits per heavy atom. The lowest BCUT2D eigenvalue weighted by atomic mass is 9.93. The summed E-state index contributed by atoms with van der Waals surface area (Å²) in [4.78, 5) is 24.3. The van der Waals surface area contributed by atoms with Crippen molar-refractivity contribution in [3.05, 3.63) is 71.3 Å². The summed E-state index contributed by atoms with van der Waals surface area (Å²) in [6.07, 6.45) is 2.47. The molecule has 0 atom stereocenters. The zero-order valence-electron chi connectivity index (χ0n) is 14.4. The number of carbonyl (C=O) groups excluding carboxylic acids is 2. The molecule has 0 aromatic heterocycles. The molecule has 0 saturated carbocycles. The first kappa shape index (κ1) is 19.9.